The molecule has 7 rings (SSSR count). The molecule has 4 bridgehead atoms. The number of rotatable bonds is 2. The smallest absolute Gasteiger partial charge is 0.303 e. The molecule has 2 saturated heterocycles. The van der Waals surface area contributed by atoms with Crippen LogP contribution in [0.2, 0.25) is 0 Å². The summed E-state index contributed by atoms with van der Waals surface area (Å²) in [5, 5.41) is 10.4. The summed E-state index contributed by atoms with van der Waals surface area (Å²) in [7, 11) is 0. The number of fused-ring (bicyclic) bond motifs is 3. The molecule has 10 atom stereocenters. The van der Waals surface area contributed by atoms with E-state index in [1.807, 2.05) is 0 Å². The highest BCUT2D eigenvalue weighted by molar-refractivity contribution is 5.67. The zero-order valence-electron chi connectivity index (χ0n) is 20.8. The molecule has 0 amide bonds. The Kier molecular flexibility index (Phi) is 5.09. The molecule has 1 spiro atoms. The van der Waals surface area contributed by atoms with Gasteiger partial charge >= 0.3 is 11.9 Å². The summed E-state index contributed by atoms with van der Waals surface area (Å²) in [6.07, 6.45) is 5.73. The highest BCUT2D eigenvalue weighted by atomic mass is 16.6. The van der Waals surface area contributed by atoms with Gasteiger partial charge in [0.2, 0.25) is 0 Å². The second-order valence-corrected chi connectivity index (χ2v) is 12.5. The molecule has 1 N–H and O–H groups in total. The minimum Gasteiger partial charge on any atom is -0.462 e. The van der Waals surface area contributed by atoms with Crippen molar-refractivity contribution in [1.29, 1.82) is 0 Å². The fourth-order valence-electron chi connectivity index (χ4n) is 10.1. The Labute approximate surface area is 202 Å². The minimum absolute atomic E-state index is 0.0555. The van der Waals surface area contributed by atoms with Crippen molar-refractivity contribution in [2.45, 2.75) is 90.3 Å². The highest BCUT2D eigenvalue weighted by Crippen LogP contribution is 2.75. The van der Waals surface area contributed by atoms with Gasteiger partial charge < -0.3 is 19.3 Å². The monoisotopic (exact) mass is 473 g/mol. The molecule has 0 radical (unpaired) electrons. The quantitative estimate of drug-likeness (QED) is 0.487. The van der Waals surface area contributed by atoms with Crippen LogP contribution < -0.4 is 0 Å². The number of piperidine rings is 1. The summed E-state index contributed by atoms with van der Waals surface area (Å²) in [4.78, 5) is 27.1. The van der Waals surface area contributed by atoms with Gasteiger partial charge in [0.05, 0.1) is 18.1 Å². The predicted molar refractivity (Wildman–Crippen MR) is 123 cm³/mol. The average Bonchev–Trinajstić information content (AvgIpc) is 2.75. The molecular formula is C27H39NO6. The zero-order chi connectivity index (χ0) is 24.0. The van der Waals surface area contributed by atoms with Gasteiger partial charge in [-0.3, -0.25) is 14.5 Å². The maximum Gasteiger partial charge on any atom is 0.303 e. The fourth-order valence-corrected chi connectivity index (χ4v) is 10.1. The summed E-state index contributed by atoms with van der Waals surface area (Å²) < 4.78 is 18.8. The Balaban J connectivity index is 1.54. The predicted octanol–water partition coefficient (Wildman–Crippen LogP) is 3.05. The molecular weight excluding hydrogens is 434 g/mol. The molecule has 2 aliphatic heterocycles. The van der Waals surface area contributed by atoms with E-state index in [0.717, 1.165) is 57.1 Å². The minimum atomic E-state index is -0.472. The van der Waals surface area contributed by atoms with E-state index < -0.39 is 17.6 Å². The Morgan fingerprint density at radius 3 is 2.59 bits per heavy atom. The van der Waals surface area contributed by atoms with Crippen LogP contribution >= 0.6 is 0 Å². The van der Waals surface area contributed by atoms with Crippen molar-refractivity contribution < 1.29 is 28.9 Å². The van der Waals surface area contributed by atoms with Crippen LogP contribution in [0.3, 0.4) is 0 Å². The van der Waals surface area contributed by atoms with Gasteiger partial charge in [0, 0.05) is 32.4 Å². The van der Waals surface area contributed by atoms with Crippen LogP contribution in [-0.2, 0) is 23.8 Å². The van der Waals surface area contributed by atoms with Crippen molar-refractivity contribution in [1.82, 2.24) is 4.90 Å². The van der Waals surface area contributed by atoms with E-state index in [2.05, 4.69) is 18.4 Å². The molecule has 7 fully saturated rings. The second kappa shape index (κ2) is 7.53. The van der Waals surface area contributed by atoms with Crippen LogP contribution in [0.4, 0.5) is 0 Å². The van der Waals surface area contributed by atoms with Gasteiger partial charge in [-0.15, -0.1) is 0 Å². The first-order chi connectivity index (χ1) is 16.1. The Morgan fingerprint density at radius 1 is 1.09 bits per heavy atom. The number of hydrogen-bond acceptors (Lipinski definition) is 7. The van der Waals surface area contributed by atoms with Crippen LogP contribution in [0.1, 0.15) is 65.7 Å². The topological polar surface area (TPSA) is 85.3 Å². The number of hydrogen-bond donors (Lipinski definition) is 1. The van der Waals surface area contributed by atoms with Crippen molar-refractivity contribution in [2.75, 3.05) is 19.7 Å². The maximum atomic E-state index is 12.4. The van der Waals surface area contributed by atoms with E-state index in [1.165, 1.54) is 13.8 Å². The number of esters is 2. The first kappa shape index (κ1) is 23.0. The first-order valence-electron chi connectivity index (χ1n) is 13.2. The SMILES string of the molecule is C=C1[C@H]2CC[C@]3([C@@H]1OC(C)=O)[C@H](OC(C)=O)C[C@@H]1[C@@]4(C)CCC[C@@]1(C1OC[C@H](O)CN1C4)[C@@H]3C2. The molecule has 0 aromatic heterocycles. The zero-order valence-corrected chi connectivity index (χ0v) is 20.8. The lowest BCUT2D eigenvalue weighted by Crippen LogP contribution is -2.79. The molecule has 0 aromatic carbocycles. The van der Waals surface area contributed by atoms with E-state index in [-0.39, 0.29) is 41.0 Å². The van der Waals surface area contributed by atoms with Crippen LogP contribution in [0, 0.1) is 34.0 Å². The molecule has 5 aliphatic carbocycles. The largest absolute Gasteiger partial charge is 0.462 e. The standard InChI is InChI=1S/C27H39NO6/c1-15-18-6-9-27(23(15)34-17(3)30)21(10-18)26-8-5-7-25(4,20(26)11-22(27)33-16(2)29)14-28-12-19(31)13-32-24(26)28/h18-24,31H,1,5-14H2,2-4H3/t18-,19+,20+,21-,22+,23+,24?,25-,26-,27+/m0/s1. The van der Waals surface area contributed by atoms with Gasteiger partial charge in [-0.1, -0.05) is 19.9 Å². The summed E-state index contributed by atoms with van der Waals surface area (Å²) in [5.41, 5.74) is 0.482. The van der Waals surface area contributed by atoms with Crippen LogP contribution in [-0.4, -0.2) is 66.2 Å². The van der Waals surface area contributed by atoms with Gasteiger partial charge in [-0.2, -0.15) is 0 Å². The summed E-state index contributed by atoms with van der Waals surface area (Å²) >= 11 is 0. The third kappa shape index (κ3) is 2.86. The lowest BCUT2D eigenvalue weighted by molar-refractivity contribution is -0.345. The summed E-state index contributed by atoms with van der Waals surface area (Å²) in [6.45, 7) is 11.7. The number of carbonyl (C=O) groups is 2. The average molecular weight is 474 g/mol. The lowest BCUT2D eigenvalue weighted by atomic mass is 9.33. The number of nitrogens with zero attached hydrogens (tertiary/aromatic N) is 1. The molecule has 7 nitrogen and oxygen atoms in total. The van der Waals surface area contributed by atoms with Crippen molar-refractivity contribution >= 4 is 11.9 Å². The number of carbonyl (C=O) groups excluding carboxylic acids is 2. The van der Waals surface area contributed by atoms with Crippen molar-refractivity contribution in [3.05, 3.63) is 12.2 Å². The fraction of sp³-hybridized carbons (Fsp3) is 0.852. The lowest BCUT2D eigenvalue weighted by Gasteiger charge is -2.76. The molecule has 2 heterocycles. The molecule has 7 aliphatic rings. The van der Waals surface area contributed by atoms with E-state index in [0.29, 0.717) is 25.0 Å². The molecule has 34 heavy (non-hydrogen) atoms. The highest BCUT2D eigenvalue weighted by Gasteiger charge is 2.76. The van der Waals surface area contributed by atoms with E-state index in [4.69, 9.17) is 14.2 Å². The molecule has 1 unspecified atom stereocenters. The van der Waals surface area contributed by atoms with Gasteiger partial charge in [-0.05, 0) is 67.3 Å². The third-order valence-corrected chi connectivity index (χ3v) is 10.8. The molecule has 188 valence electrons. The van der Waals surface area contributed by atoms with Gasteiger partial charge in [-0.25, -0.2) is 0 Å². The Morgan fingerprint density at radius 2 is 1.85 bits per heavy atom. The second-order valence-electron chi connectivity index (χ2n) is 12.5. The van der Waals surface area contributed by atoms with E-state index >= 15 is 0 Å². The Hall–Kier alpha value is -1.44. The van der Waals surface area contributed by atoms with Crippen LogP contribution in [0.15, 0.2) is 12.2 Å². The molecule has 5 saturated carbocycles. The number of aliphatic hydroxyl groups excluding tert-OH is 1. The van der Waals surface area contributed by atoms with Gasteiger partial charge in [0.1, 0.15) is 18.4 Å². The molecule has 0 aromatic rings. The summed E-state index contributed by atoms with van der Waals surface area (Å²) in [5.74, 6) is 0.304. The van der Waals surface area contributed by atoms with Crippen molar-refractivity contribution in [3.8, 4) is 0 Å². The van der Waals surface area contributed by atoms with E-state index in [9.17, 15) is 14.7 Å². The van der Waals surface area contributed by atoms with Crippen molar-refractivity contribution in [3.63, 3.8) is 0 Å². The van der Waals surface area contributed by atoms with Crippen LogP contribution in [0.5, 0.6) is 0 Å². The number of aliphatic hydroxyl groups is 1. The van der Waals surface area contributed by atoms with Crippen molar-refractivity contribution in [2.24, 2.45) is 34.0 Å². The van der Waals surface area contributed by atoms with Gasteiger partial charge in [0.25, 0.3) is 0 Å². The van der Waals surface area contributed by atoms with E-state index in [1.54, 1.807) is 0 Å². The third-order valence-electron chi connectivity index (χ3n) is 10.8. The normalized spacial score (nSPS) is 51.6. The first-order valence-corrected chi connectivity index (χ1v) is 13.2. The van der Waals surface area contributed by atoms with Gasteiger partial charge in [0.15, 0.2) is 0 Å². The maximum absolute atomic E-state index is 12.4. The number of ether oxygens (including phenoxy) is 3. The summed E-state index contributed by atoms with van der Waals surface area (Å²) in [6, 6.07) is 0. The van der Waals surface area contributed by atoms with Crippen LogP contribution in [0.25, 0.3) is 0 Å². The Bertz CT molecular complexity index is 921. The molecule has 7 heteroatoms.